The lowest BCUT2D eigenvalue weighted by molar-refractivity contribution is -0.384. The minimum absolute atomic E-state index is 0.00447. The van der Waals surface area contributed by atoms with Gasteiger partial charge in [0.15, 0.2) is 5.58 Å². The molecule has 0 aliphatic carbocycles. The molecule has 1 heterocycles. The maximum atomic E-state index is 12.7. The third kappa shape index (κ3) is 3.75. The van der Waals surface area contributed by atoms with Gasteiger partial charge in [0.2, 0.25) is 5.89 Å². The maximum Gasteiger partial charge on any atom is 0.270 e. The first-order valence-electron chi connectivity index (χ1n) is 9.05. The van der Waals surface area contributed by atoms with Crippen LogP contribution in [0.15, 0.2) is 59.0 Å². The van der Waals surface area contributed by atoms with Gasteiger partial charge in [-0.05, 0) is 55.3 Å². The van der Waals surface area contributed by atoms with Gasteiger partial charge in [0.05, 0.1) is 15.5 Å². The zero-order chi connectivity index (χ0) is 21.4. The van der Waals surface area contributed by atoms with Crippen LogP contribution in [-0.4, -0.2) is 15.8 Å². The number of nitro groups is 1. The van der Waals surface area contributed by atoms with Gasteiger partial charge in [0, 0.05) is 23.4 Å². The summed E-state index contributed by atoms with van der Waals surface area (Å²) in [6, 6.07) is 15.0. The summed E-state index contributed by atoms with van der Waals surface area (Å²) in [5.74, 6) is -0.0252. The van der Waals surface area contributed by atoms with Crippen LogP contribution in [0.3, 0.4) is 0 Å². The minimum atomic E-state index is -0.566. The highest BCUT2D eigenvalue weighted by Gasteiger charge is 2.17. The molecule has 3 aromatic carbocycles. The molecule has 0 bridgehead atoms. The van der Waals surface area contributed by atoms with Gasteiger partial charge >= 0.3 is 0 Å². The van der Waals surface area contributed by atoms with E-state index in [2.05, 4.69) is 10.3 Å². The molecule has 8 heteroatoms. The van der Waals surface area contributed by atoms with Crippen molar-refractivity contribution in [2.75, 3.05) is 5.32 Å². The smallest absolute Gasteiger partial charge is 0.270 e. The first-order chi connectivity index (χ1) is 14.3. The number of hydrogen-bond acceptors (Lipinski definition) is 5. The largest absolute Gasteiger partial charge is 0.436 e. The molecule has 0 saturated carbocycles. The number of halogens is 1. The monoisotopic (exact) mass is 421 g/mol. The van der Waals surface area contributed by atoms with Crippen LogP contribution < -0.4 is 5.32 Å². The molecule has 150 valence electrons. The number of amides is 1. The number of nitrogens with one attached hydrogen (secondary N) is 1. The summed E-state index contributed by atoms with van der Waals surface area (Å²) < 4.78 is 5.84. The lowest BCUT2D eigenvalue weighted by Gasteiger charge is -2.10. The van der Waals surface area contributed by atoms with E-state index in [1.165, 1.54) is 12.1 Å². The Morgan fingerprint density at radius 2 is 1.90 bits per heavy atom. The Morgan fingerprint density at radius 3 is 2.63 bits per heavy atom. The lowest BCUT2D eigenvalue weighted by atomic mass is 10.1. The van der Waals surface area contributed by atoms with Crippen LogP contribution in [0.4, 0.5) is 11.4 Å². The predicted octanol–water partition coefficient (Wildman–Crippen LogP) is 5.93. The molecule has 0 aliphatic rings. The van der Waals surface area contributed by atoms with Crippen LogP contribution >= 0.6 is 11.6 Å². The van der Waals surface area contributed by atoms with Gasteiger partial charge in [-0.2, -0.15) is 0 Å². The van der Waals surface area contributed by atoms with Crippen molar-refractivity contribution in [3.63, 3.8) is 0 Å². The highest BCUT2D eigenvalue weighted by Crippen LogP contribution is 2.29. The molecule has 0 radical (unpaired) electrons. The molecule has 0 unspecified atom stereocenters. The van der Waals surface area contributed by atoms with E-state index >= 15 is 0 Å². The molecular formula is C22H16ClN3O4. The quantitative estimate of drug-likeness (QED) is 0.325. The number of oxazole rings is 1. The second kappa shape index (κ2) is 7.61. The van der Waals surface area contributed by atoms with E-state index in [9.17, 15) is 14.9 Å². The third-order valence-electron chi connectivity index (χ3n) is 4.68. The van der Waals surface area contributed by atoms with Crippen molar-refractivity contribution < 1.29 is 14.1 Å². The van der Waals surface area contributed by atoms with E-state index in [1.807, 2.05) is 44.2 Å². The Balaban J connectivity index is 1.65. The molecule has 0 atom stereocenters. The van der Waals surface area contributed by atoms with Crippen molar-refractivity contribution in [2.45, 2.75) is 13.8 Å². The highest BCUT2D eigenvalue weighted by atomic mass is 35.5. The van der Waals surface area contributed by atoms with Gasteiger partial charge in [0.25, 0.3) is 11.6 Å². The number of carbonyl (C=O) groups excluding carboxylic acids is 1. The fourth-order valence-electron chi connectivity index (χ4n) is 3.04. The summed E-state index contributed by atoms with van der Waals surface area (Å²) in [5.41, 5.74) is 4.58. The number of hydrogen-bond donors (Lipinski definition) is 1. The number of carbonyl (C=O) groups is 1. The predicted molar refractivity (Wildman–Crippen MR) is 115 cm³/mol. The number of aromatic nitrogens is 1. The Morgan fingerprint density at radius 1 is 1.10 bits per heavy atom. The van der Waals surface area contributed by atoms with E-state index in [-0.39, 0.29) is 16.3 Å². The van der Waals surface area contributed by atoms with Gasteiger partial charge in [-0.1, -0.05) is 23.7 Å². The molecule has 0 aliphatic heterocycles. The van der Waals surface area contributed by atoms with Crippen LogP contribution in [0.5, 0.6) is 0 Å². The van der Waals surface area contributed by atoms with Crippen LogP contribution in [-0.2, 0) is 0 Å². The van der Waals surface area contributed by atoms with Gasteiger partial charge in [0.1, 0.15) is 5.52 Å². The number of rotatable bonds is 4. The highest BCUT2D eigenvalue weighted by molar-refractivity contribution is 6.34. The lowest BCUT2D eigenvalue weighted by Crippen LogP contribution is -2.13. The zero-order valence-corrected chi connectivity index (χ0v) is 16.9. The van der Waals surface area contributed by atoms with Gasteiger partial charge < -0.3 is 9.73 Å². The van der Waals surface area contributed by atoms with Crippen LogP contribution in [0.2, 0.25) is 5.02 Å². The van der Waals surface area contributed by atoms with E-state index in [0.717, 1.165) is 22.7 Å². The van der Waals surface area contributed by atoms with Crippen molar-refractivity contribution in [3.05, 3.63) is 86.4 Å². The topological polar surface area (TPSA) is 98.3 Å². The molecule has 4 rings (SSSR count). The average Bonchev–Trinajstić information content (AvgIpc) is 3.12. The molecular weight excluding hydrogens is 406 g/mol. The summed E-state index contributed by atoms with van der Waals surface area (Å²) >= 11 is 6.07. The van der Waals surface area contributed by atoms with Gasteiger partial charge in [-0.15, -0.1) is 0 Å². The Bertz CT molecular complexity index is 1310. The number of nitro benzene ring substituents is 1. The zero-order valence-electron chi connectivity index (χ0n) is 16.1. The fourth-order valence-corrected chi connectivity index (χ4v) is 3.30. The summed E-state index contributed by atoms with van der Waals surface area (Å²) in [7, 11) is 0. The second-order valence-electron chi connectivity index (χ2n) is 6.90. The molecule has 0 saturated heterocycles. The molecule has 0 spiro atoms. The third-order valence-corrected chi connectivity index (χ3v) is 5.00. The molecule has 1 amide bonds. The molecule has 30 heavy (non-hydrogen) atoms. The first kappa shape index (κ1) is 19.6. The number of anilines is 1. The Hall–Kier alpha value is -3.71. The van der Waals surface area contributed by atoms with Crippen molar-refractivity contribution >= 4 is 40.0 Å². The summed E-state index contributed by atoms with van der Waals surface area (Å²) in [5, 5.41) is 13.7. The van der Waals surface area contributed by atoms with Crippen molar-refractivity contribution in [2.24, 2.45) is 0 Å². The van der Waals surface area contributed by atoms with E-state index in [1.54, 1.807) is 6.07 Å². The average molecular weight is 422 g/mol. The van der Waals surface area contributed by atoms with Crippen LogP contribution in [0.25, 0.3) is 22.6 Å². The number of benzene rings is 3. The molecule has 0 fully saturated rings. The van der Waals surface area contributed by atoms with Crippen molar-refractivity contribution in [1.82, 2.24) is 4.98 Å². The van der Waals surface area contributed by atoms with Crippen molar-refractivity contribution in [1.29, 1.82) is 0 Å². The van der Waals surface area contributed by atoms with Crippen LogP contribution in [0.1, 0.15) is 21.5 Å². The van der Waals surface area contributed by atoms with Gasteiger partial charge in [-0.3, -0.25) is 14.9 Å². The van der Waals surface area contributed by atoms with Gasteiger partial charge in [-0.25, -0.2) is 4.98 Å². The second-order valence-corrected chi connectivity index (χ2v) is 7.30. The number of non-ortho nitro benzene ring substituents is 1. The summed E-state index contributed by atoms with van der Waals surface area (Å²) in [6.45, 7) is 3.84. The first-order valence-corrected chi connectivity index (χ1v) is 9.43. The number of nitrogens with zero attached hydrogens (tertiary/aromatic N) is 2. The maximum absolute atomic E-state index is 12.7. The fraction of sp³-hybridized carbons (Fsp3) is 0.0909. The van der Waals surface area contributed by atoms with E-state index in [4.69, 9.17) is 16.0 Å². The standard InChI is InChI=1S/C22H16ClN3O4/c1-12-3-8-20-19(9-12)25-22(30-20)14-5-4-13(2)18(10-14)24-21(27)16-7-6-15(26(28)29)11-17(16)23/h3-11H,1-2H3,(H,24,27). The summed E-state index contributed by atoms with van der Waals surface area (Å²) in [4.78, 5) is 27.5. The Labute approximate surface area is 176 Å². The Kier molecular flexibility index (Phi) is 4.97. The SMILES string of the molecule is Cc1ccc2oc(-c3ccc(C)c(NC(=O)c4ccc([N+](=O)[O-])cc4Cl)c3)nc2c1. The summed E-state index contributed by atoms with van der Waals surface area (Å²) in [6.07, 6.45) is 0. The van der Waals surface area contributed by atoms with E-state index < -0.39 is 10.8 Å². The van der Waals surface area contributed by atoms with Crippen molar-refractivity contribution in [3.8, 4) is 11.5 Å². The van der Waals surface area contributed by atoms with E-state index in [0.29, 0.717) is 22.7 Å². The molecule has 7 nitrogen and oxygen atoms in total. The van der Waals surface area contributed by atoms with Crippen LogP contribution in [0, 0.1) is 24.0 Å². The molecule has 4 aromatic rings. The minimum Gasteiger partial charge on any atom is -0.436 e. The molecule has 1 N–H and O–H groups in total. The molecule has 1 aromatic heterocycles. The number of aryl methyl sites for hydroxylation is 2. The number of fused-ring (bicyclic) bond motifs is 1. The normalized spacial score (nSPS) is 10.9.